The number of likely N-dealkylation sites (tertiary alicyclic amines) is 1. The minimum absolute atomic E-state index is 0.00512. The molecule has 1 aromatic heterocycles. The summed E-state index contributed by atoms with van der Waals surface area (Å²) in [5.74, 6) is 0. The van der Waals surface area contributed by atoms with Crippen molar-refractivity contribution in [2.75, 3.05) is 26.2 Å². The SMILES string of the molecule is CC(CCC=O)n1c(=O)n(C)c2cc(CN3CC(OC4CCNCC4)C3)ccc21. The van der Waals surface area contributed by atoms with Crippen LogP contribution in [0.15, 0.2) is 23.0 Å². The van der Waals surface area contributed by atoms with Crippen LogP contribution in [0, 0.1) is 0 Å². The Labute approximate surface area is 171 Å². The molecule has 0 saturated carbocycles. The molecule has 1 atom stereocenters. The lowest BCUT2D eigenvalue weighted by molar-refractivity contribution is -0.108. The topological polar surface area (TPSA) is 68.5 Å². The lowest BCUT2D eigenvalue weighted by Crippen LogP contribution is -2.53. The zero-order valence-corrected chi connectivity index (χ0v) is 17.5. The van der Waals surface area contributed by atoms with Crippen LogP contribution in [0.1, 0.15) is 44.2 Å². The van der Waals surface area contributed by atoms with Gasteiger partial charge in [-0.3, -0.25) is 14.0 Å². The monoisotopic (exact) mass is 400 g/mol. The number of piperidine rings is 1. The first-order valence-electron chi connectivity index (χ1n) is 10.8. The van der Waals surface area contributed by atoms with E-state index in [2.05, 4.69) is 22.3 Å². The second kappa shape index (κ2) is 8.81. The molecule has 7 heteroatoms. The zero-order chi connectivity index (χ0) is 20.4. The molecule has 2 aliphatic rings. The van der Waals surface area contributed by atoms with Gasteiger partial charge in [-0.05, 0) is 57.0 Å². The van der Waals surface area contributed by atoms with Crippen molar-refractivity contribution in [3.05, 3.63) is 34.2 Å². The number of benzene rings is 1. The van der Waals surface area contributed by atoms with Crippen molar-refractivity contribution in [2.24, 2.45) is 7.05 Å². The standard InChI is InChI=1S/C22H32N4O3/c1-16(4-3-11-27)26-20-6-5-17(12-21(20)24(2)22(26)28)13-25-14-19(15-25)29-18-7-9-23-10-8-18/h5-6,11-12,16,18-19,23H,3-4,7-10,13-15H2,1-2H3. The fourth-order valence-corrected chi connectivity index (χ4v) is 4.57. The Balaban J connectivity index is 1.40. The molecule has 0 amide bonds. The van der Waals surface area contributed by atoms with Crippen molar-refractivity contribution in [3.8, 4) is 0 Å². The molecule has 3 heterocycles. The largest absolute Gasteiger partial charge is 0.372 e. The number of hydrogen-bond acceptors (Lipinski definition) is 5. The minimum Gasteiger partial charge on any atom is -0.372 e. The Morgan fingerprint density at radius 1 is 1.21 bits per heavy atom. The Morgan fingerprint density at radius 2 is 1.97 bits per heavy atom. The number of hydrogen-bond donors (Lipinski definition) is 1. The van der Waals surface area contributed by atoms with Gasteiger partial charge >= 0.3 is 5.69 Å². The quantitative estimate of drug-likeness (QED) is 0.685. The number of nitrogens with one attached hydrogen (secondary N) is 1. The maximum absolute atomic E-state index is 12.7. The highest BCUT2D eigenvalue weighted by Gasteiger charge is 2.30. The molecule has 7 nitrogen and oxygen atoms in total. The van der Waals surface area contributed by atoms with Crippen LogP contribution in [-0.4, -0.2) is 58.7 Å². The third-order valence-electron chi connectivity index (χ3n) is 6.30. The second-order valence-electron chi connectivity index (χ2n) is 8.53. The van der Waals surface area contributed by atoms with Crippen LogP contribution in [0.4, 0.5) is 0 Å². The van der Waals surface area contributed by atoms with Gasteiger partial charge in [-0.15, -0.1) is 0 Å². The van der Waals surface area contributed by atoms with Crippen molar-refractivity contribution in [3.63, 3.8) is 0 Å². The van der Waals surface area contributed by atoms with E-state index in [0.717, 1.165) is 62.9 Å². The van der Waals surface area contributed by atoms with E-state index in [1.165, 1.54) is 5.56 Å². The van der Waals surface area contributed by atoms with Gasteiger partial charge in [-0.1, -0.05) is 6.07 Å². The van der Waals surface area contributed by atoms with E-state index in [1.54, 1.807) is 4.57 Å². The van der Waals surface area contributed by atoms with Crippen molar-refractivity contribution < 1.29 is 9.53 Å². The molecule has 0 bridgehead atoms. The maximum atomic E-state index is 12.7. The van der Waals surface area contributed by atoms with Gasteiger partial charge in [0, 0.05) is 39.1 Å². The smallest absolute Gasteiger partial charge is 0.329 e. The van der Waals surface area contributed by atoms with Crippen LogP contribution in [-0.2, 0) is 23.1 Å². The molecule has 0 aliphatic carbocycles. The molecule has 1 N–H and O–H groups in total. The van der Waals surface area contributed by atoms with Crippen LogP contribution in [0.3, 0.4) is 0 Å². The molecule has 1 aromatic carbocycles. The number of aryl methyl sites for hydroxylation is 1. The summed E-state index contributed by atoms with van der Waals surface area (Å²) in [6, 6.07) is 6.30. The summed E-state index contributed by atoms with van der Waals surface area (Å²) in [5, 5.41) is 3.38. The Kier molecular flexibility index (Phi) is 6.18. The highest BCUT2D eigenvalue weighted by Crippen LogP contribution is 2.24. The van der Waals surface area contributed by atoms with Crippen molar-refractivity contribution in [1.29, 1.82) is 0 Å². The van der Waals surface area contributed by atoms with Crippen molar-refractivity contribution >= 4 is 17.3 Å². The summed E-state index contributed by atoms with van der Waals surface area (Å²) < 4.78 is 9.74. The first-order chi connectivity index (χ1) is 14.1. The van der Waals surface area contributed by atoms with Gasteiger partial charge < -0.3 is 14.8 Å². The van der Waals surface area contributed by atoms with Crippen molar-refractivity contribution in [2.45, 2.75) is 57.4 Å². The van der Waals surface area contributed by atoms with E-state index in [1.807, 2.05) is 24.6 Å². The van der Waals surface area contributed by atoms with Gasteiger partial charge in [0.05, 0.1) is 23.2 Å². The molecule has 4 rings (SSSR count). The van der Waals surface area contributed by atoms with Gasteiger partial charge in [0.15, 0.2) is 0 Å². The van der Waals surface area contributed by atoms with Gasteiger partial charge in [0.2, 0.25) is 0 Å². The van der Waals surface area contributed by atoms with E-state index in [9.17, 15) is 9.59 Å². The molecule has 29 heavy (non-hydrogen) atoms. The van der Waals surface area contributed by atoms with Crippen LogP contribution in [0.5, 0.6) is 0 Å². The summed E-state index contributed by atoms with van der Waals surface area (Å²) in [6.07, 6.45) is 5.06. The Morgan fingerprint density at radius 3 is 2.69 bits per heavy atom. The highest BCUT2D eigenvalue weighted by molar-refractivity contribution is 5.77. The first kappa shape index (κ1) is 20.3. The molecule has 2 aromatic rings. The fraction of sp³-hybridized carbons (Fsp3) is 0.636. The number of aldehydes is 1. The number of imidazole rings is 1. The van der Waals surface area contributed by atoms with E-state index in [-0.39, 0.29) is 11.7 Å². The molecule has 158 valence electrons. The lowest BCUT2D eigenvalue weighted by Gasteiger charge is -2.41. The summed E-state index contributed by atoms with van der Waals surface area (Å²) in [5.41, 5.74) is 3.09. The van der Waals surface area contributed by atoms with Gasteiger partial charge in [0.25, 0.3) is 0 Å². The third-order valence-corrected chi connectivity index (χ3v) is 6.30. The molecule has 2 aliphatic heterocycles. The van der Waals surface area contributed by atoms with Crippen LogP contribution < -0.4 is 11.0 Å². The van der Waals surface area contributed by atoms with Crippen LogP contribution >= 0.6 is 0 Å². The van der Waals surface area contributed by atoms with Crippen LogP contribution in [0.25, 0.3) is 11.0 Å². The predicted octanol–water partition coefficient (Wildman–Crippen LogP) is 1.83. The number of ether oxygens (including phenoxy) is 1. The number of carbonyl (C=O) groups is 1. The molecular weight excluding hydrogens is 368 g/mol. The number of aromatic nitrogens is 2. The highest BCUT2D eigenvalue weighted by atomic mass is 16.5. The Hall–Kier alpha value is -1.96. The molecule has 0 spiro atoms. The summed E-state index contributed by atoms with van der Waals surface area (Å²) in [6.45, 7) is 6.96. The third kappa shape index (κ3) is 4.32. The molecular formula is C22H32N4O3. The molecule has 2 fully saturated rings. The number of rotatable bonds is 8. The van der Waals surface area contributed by atoms with E-state index >= 15 is 0 Å². The average molecular weight is 401 g/mol. The van der Waals surface area contributed by atoms with Crippen LogP contribution in [0.2, 0.25) is 0 Å². The number of carbonyl (C=O) groups excluding carboxylic acids is 1. The first-order valence-corrected chi connectivity index (χ1v) is 10.8. The lowest BCUT2D eigenvalue weighted by atomic mass is 10.1. The molecule has 0 radical (unpaired) electrons. The second-order valence-corrected chi connectivity index (χ2v) is 8.53. The number of nitrogens with zero attached hydrogens (tertiary/aromatic N) is 3. The van der Waals surface area contributed by atoms with Gasteiger partial charge in [0.1, 0.15) is 6.29 Å². The summed E-state index contributed by atoms with van der Waals surface area (Å²) >= 11 is 0. The van der Waals surface area contributed by atoms with Gasteiger partial charge in [-0.25, -0.2) is 4.79 Å². The van der Waals surface area contributed by atoms with E-state index in [4.69, 9.17) is 4.74 Å². The molecule has 2 saturated heterocycles. The minimum atomic E-state index is -0.0186. The fourth-order valence-electron chi connectivity index (χ4n) is 4.57. The van der Waals surface area contributed by atoms with E-state index in [0.29, 0.717) is 25.0 Å². The maximum Gasteiger partial charge on any atom is 0.329 e. The number of fused-ring (bicyclic) bond motifs is 1. The average Bonchev–Trinajstić information content (AvgIpc) is 2.95. The normalized spacial score (nSPS) is 20.1. The predicted molar refractivity (Wildman–Crippen MR) is 113 cm³/mol. The van der Waals surface area contributed by atoms with Crippen molar-refractivity contribution in [1.82, 2.24) is 19.4 Å². The molecule has 1 unspecified atom stereocenters. The Bertz CT molecular complexity index is 907. The summed E-state index contributed by atoms with van der Waals surface area (Å²) in [4.78, 5) is 25.8. The summed E-state index contributed by atoms with van der Waals surface area (Å²) in [7, 11) is 1.82. The van der Waals surface area contributed by atoms with E-state index < -0.39 is 0 Å². The van der Waals surface area contributed by atoms with Gasteiger partial charge in [-0.2, -0.15) is 0 Å². The zero-order valence-electron chi connectivity index (χ0n) is 17.5.